The van der Waals surface area contributed by atoms with Crippen molar-refractivity contribution in [3.63, 3.8) is 0 Å². The Labute approximate surface area is 117 Å². The van der Waals surface area contributed by atoms with Crippen LogP contribution in [0.1, 0.15) is 41.0 Å². The zero-order chi connectivity index (χ0) is 15.1. The summed E-state index contributed by atoms with van der Waals surface area (Å²) in [6, 6.07) is 0.292. The molecule has 0 aromatic rings. The number of nitrogens with one attached hydrogen (secondary N) is 1. The van der Waals surface area contributed by atoms with Crippen LogP contribution in [0.5, 0.6) is 0 Å². The topological polar surface area (TPSA) is 47.6 Å². The summed E-state index contributed by atoms with van der Waals surface area (Å²) in [7, 11) is 1.67. The number of ether oxygens (including phenoxy) is 2. The third-order valence-electron chi connectivity index (χ3n) is 3.53. The molecule has 0 radical (unpaired) electrons. The molecule has 0 rings (SSSR count). The minimum atomic E-state index is -0.0233. The molecule has 0 aliphatic rings. The predicted molar refractivity (Wildman–Crippen MR) is 77.8 cm³/mol. The Bertz CT molecular complexity index is 289. The third-order valence-corrected chi connectivity index (χ3v) is 3.53. The molecule has 0 saturated carbocycles. The molecule has 0 aromatic heterocycles. The van der Waals surface area contributed by atoms with Gasteiger partial charge in [0.15, 0.2) is 0 Å². The quantitative estimate of drug-likeness (QED) is 0.621. The summed E-state index contributed by atoms with van der Waals surface area (Å²) in [5, 5.41) is 3.38. The van der Waals surface area contributed by atoms with Crippen molar-refractivity contribution in [2.45, 2.75) is 53.2 Å². The van der Waals surface area contributed by atoms with Gasteiger partial charge in [-0.3, -0.25) is 4.79 Å². The lowest BCUT2D eigenvalue weighted by molar-refractivity contribution is -0.131. The number of carbonyl (C=O) groups excluding carboxylic acids is 1. The van der Waals surface area contributed by atoms with Crippen LogP contribution in [0, 0.1) is 11.3 Å². The summed E-state index contributed by atoms with van der Waals surface area (Å²) in [6.07, 6.45) is 0.963. The van der Waals surface area contributed by atoms with Gasteiger partial charge in [-0.25, -0.2) is 0 Å². The van der Waals surface area contributed by atoms with Crippen LogP contribution >= 0.6 is 0 Å². The number of hydrogen-bond donors (Lipinski definition) is 1. The molecule has 0 aliphatic heterocycles. The summed E-state index contributed by atoms with van der Waals surface area (Å²) in [6.45, 7) is 15.4. The van der Waals surface area contributed by atoms with Gasteiger partial charge in [0.1, 0.15) is 0 Å². The van der Waals surface area contributed by atoms with E-state index in [2.05, 4.69) is 39.6 Å². The van der Waals surface area contributed by atoms with Gasteiger partial charge in [0.25, 0.3) is 6.47 Å². The average Bonchev–Trinajstić information content (AvgIpc) is 2.34. The largest absolute Gasteiger partial charge is 0.467 e. The Morgan fingerprint density at radius 1 is 1.37 bits per heavy atom. The van der Waals surface area contributed by atoms with E-state index in [-0.39, 0.29) is 11.5 Å². The van der Waals surface area contributed by atoms with Gasteiger partial charge in [-0.05, 0) is 31.6 Å². The van der Waals surface area contributed by atoms with Gasteiger partial charge in [0.2, 0.25) is 0 Å². The molecule has 0 spiro atoms. The van der Waals surface area contributed by atoms with Crippen molar-refractivity contribution in [2.75, 3.05) is 13.7 Å². The molecular weight excluding hydrogens is 242 g/mol. The van der Waals surface area contributed by atoms with Crippen LogP contribution in [-0.4, -0.2) is 32.3 Å². The molecule has 0 heterocycles. The zero-order valence-electron chi connectivity index (χ0n) is 13.2. The van der Waals surface area contributed by atoms with E-state index in [1.165, 1.54) is 0 Å². The Morgan fingerprint density at radius 3 is 2.42 bits per heavy atom. The van der Waals surface area contributed by atoms with E-state index in [0.29, 0.717) is 25.0 Å². The maximum atomic E-state index is 10.3. The Balaban J connectivity index is 4.29. The van der Waals surface area contributed by atoms with Gasteiger partial charge in [0.05, 0.1) is 12.7 Å². The summed E-state index contributed by atoms with van der Waals surface area (Å²) in [4.78, 5) is 10.3. The molecule has 0 saturated heterocycles. The first-order valence-corrected chi connectivity index (χ1v) is 6.77. The molecule has 1 unspecified atom stereocenters. The number of carbonyl (C=O) groups is 1. The fourth-order valence-electron chi connectivity index (χ4n) is 2.06. The summed E-state index contributed by atoms with van der Waals surface area (Å²) in [5.41, 5.74) is 0.869. The third kappa shape index (κ3) is 7.21. The zero-order valence-corrected chi connectivity index (χ0v) is 13.2. The maximum absolute atomic E-state index is 10.3. The second-order valence-electron chi connectivity index (χ2n) is 6.09. The van der Waals surface area contributed by atoms with Crippen LogP contribution in [0.4, 0.5) is 0 Å². The van der Waals surface area contributed by atoms with Crippen molar-refractivity contribution in [3.05, 3.63) is 12.3 Å². The Hall–Kier alpha value is -1.03. The second-order valence-corrected chi connectivity index (χ2v) is 6.09. The predicted octanol–water partition coefficient (Wildman–Crippen LogP) is 2.74. The molecule has 4 heteroatoms. The minimum absolute atomic E-state index is 0.000979. The van der Waals surface area contributed by atoms with E-state index < -0.39 is 0 Å². The lowest BCUT2D eigenvalue weighted by Crippen LogP contribution is -2.37. The molecule has 0 bridgehead atoms. The normalized spacial score (nSPS) is 16.3. The van der Waals surface area contributed by atoms with Crippen molar-refractivity contribution in [1.29, 1.82) is 0 Å². The van der Waals surface area contributed by atoms with Gasteiger partial charge < -0.3 is 14.8 Å². The molecular formula is C15H29NO3. The fraction of sp³-hybridized carbons (Fsp3) is 0.800. The van der Waals surface area contributed by atoms with E-state index in [1.54, 1.807) is 7.11 Å². The van der Waals surface area contributed by atoms with Crippen LogP contribution in [-0.2, 0) is 14.3 Å². The highest BCUT2D eigenvalue weighted by Gasteiger charge is 2.25. The van der Waals surface area contributed by atoms with Crippen molar-refractivity contribution in [1.82, 2.24) is 5.32 Å². The molecule has 4 nitrogen and oxygen atoms in total. The number of methoxy groups -OCH3 is 1. The van der Waals surface area contributed by atoms with Gasteiger partial charge in [0, 0.05) is 18.8 Å². The summed E-state index contributed by atoms with van der Waals surface area (Å²) >= 11 is 0. The number of hydrogen-bond acceptors (Lipinski definition) is 4. The first-order valence-electron chi connectivity index (χ1n) is 6.77. The highest BCUT2D eigenvalue weighted by molar-refractivity contribution is 5.36. The summed E-state index contributed by atoms with van der Waals surface area (Å²) in [5.74, 6) is 0.436. The number of rotatable bonds is 10. The lowest BCUT2D eigenvalue weighted by Gasteiger charge is -2.32. The first kappa shape index (κ1) is 18.0. The van der Waals surface area contributed by atoms with Gasteiger partial charge in [-0.2, -0.15) is 0 Å². The molecule has 0 aliphatic carbocycles. The van der Waals surface area contributed by atoms with Crippen LogP contribution < -0.4 is 5.32 Å². The Morgan fingerprint density at radius 2 is 1.95 bits per heavy atom. The first-order chi connectivity index (χ1) is 8.73. The maximum Gasteiger partial charge on any atom is 0.293 e. The highest BCUT2D eigenvalue weighted by Crippen LogP contribution is 2.27. The van der Waals surface area contributed by atoms with Gasteiger partial charge in [-0.1, -0.05) is 27.4 Å². The van der Waals surface area contributed by atoms with E-state index >= 15 is 0 Å². The van der Waals surface area contributed by atoms with Crippen LogP contribution in [0.15, 0.2) is 12.3 Å². The standard InChI is InChI=1S/C15H29NO3/c1-11(8-15(5,6)9-19-10-17)12(2)16-13(3)14(4)18-7/h10-12,14,16H,3,8-9H2,1-2,4-7H3/t11?,12-,14-/m0/s1. The van der Waals surface area contributed by atoms with E-state index in [1.807, 2.05) is 6.92 Å². The van der Waals surface area contributed by atoms with Crippen molar-refractivity contribution in [2.24, 2.45) is 11.3 Å². The van der Waals surface area contributed by atoms with Crippen LogP contribution in [0.25, 0.3) is 0 Å². The molecule has 0 amide bonds. The molecule has 0 fully saturated rings. The molecule has 112 valence electrons. The van der Waals surface area contributed by atoms with Crippen molar-refractivity contribution in [3.8, 4) is 0 Å². The van der Waals surface area contributed by atoms with Crippen molar-refractivity contribution < 1.29 is 14.3 Å². The van der Waals surface area contributed by atoms with E-state index in [9.17, 15) is 4.79 Å². The lowest BCUT2D eigenvalue weighted by atomic mass is 9.81. The van der Waals surface area contributed by atoms with E-state index in [4.69, 9.17) is 9.47 Å². The van der Waals surface area contributed by atoms with Gasteiger partial charge >= 0.3 is 0 Å². The summed E-state index contributed by atoms with van der Waals surface area (Å²) < 4.78 is 10.1. The highest BCUT2D eigenvalue weighted by atomic mass is 16.5. The molecule has 3 atom stereocenters. The van der Waals surface area contributed by atoms with Crippen LogP contribution in [0.2, 0.25) is 0 Å². The fourth-order valence-corrected chi connectivity index (χ4v) is 2.06. The smallest absolute Gasteiger partial charge is 0.293 e. The SMILES string of the molecule is C=C(N[C@@H](C)C(C)CC(C)(C)COC=O)[C@H](C)OC. The van der Waals surface area contributed by atoms with Gasteiger partial charge in [-0.15, -0.1) is 0 Å². The molecule has 1 N–H and O–H groups in total. The van der Waals surface area contributed by atoms with Crippen molar-refractivity contribution >= 4 is 6.47 Å². The Kier molecular flexibility index (Phi) is 7.76. The average molecular weight is 271 g/mol. The monoisotopic (exact) mass is 271 g/mol. The van der Waals surface area contributed by atoms with E-state index in [0.717, 1.165) is 12.1 Å². The molecule has 0 aromatic carbocycles. The van der Waals surface area contributed by atoms with Crippen LogP contribution in [0.3, 0.4) is 0 Å². The minimum Gasteiger partial charge on any atom is -0.467 e. The molecule has 19 heavy (non-hydrogen) atoms. The second kappa shape index (κ2) is 8.20.